The number of ether oxygens (including phenoxy) is 1. The number of hydrogen-bond donors (Lipinski definition) is 0. The first kappa shape index (κ1) is 15.6. The monoisotopic (exact) mass is 282 g/mol. The maximum Gasteiger partial charge on any atom is 0.410 e. The molecular formula is C16H30N2O2. The Balaban J connectivity index is 1.87. The summed E-state index contributed by atoms with van der Waals surface area (Å²) in [5, 5.41) is 0. The molecule has 4 nitrogen and oxygen atoms in total. The Labute approximate surface area is 123 Å². The second-order valence-corrected chi connectivity index (χ2v) is 7.30. The SMILES string of the molecule is C[C@H]1CC(N2CCCCC2)CCN1C(=O)OC(C)(C)C. The Kier molecular flexibility index (Phi) is 4.95. The molecule has 0 N–H and O–H groups in total. The molecule has 0 radical (unpaired) electrons. The van der Waals surface area contributed by atoms with Crippen LogP contribution < -0.4 is 0 Å². The summed E-state index contributed by atoms with van der Waals surface area (Å²) in [5.74, 6) is 0. The molecule has 1 amide bonds. The molecule has 2 atom stereocenters. The van der Waals surface area contributed by atoms with E-state index in [0.717, 1.165) is 19.4 Å². The van der Waals surface area contributed by atoms with Crippen LogP contribution in [0.2, 0.25) is 0 Å². The van der Waals surface area contributed by atoms with E-state index in [1.165, 1.54) is 32.4 Å². The molecule has 2 fully saturated rings. The van der Waals surface area contributed by atoms with Gasteiger partial charge in [0.1, 0.15) is 5.60 Å². The van der Waals surface area contributed by atoms with Gasteiger partial charge in [0.05, 0.1) is 0 Å². The standard InChI is InChI=1S/C16H30N2O2/c1-13-12-14(17-9-6-5-7-10-17)8-11-18(13)15(19)20-16(2,3)4/h13-14H,5-12H2,1-4H3/t13-,14?/m0/s1. The highest BCUT2D eigenvalue weighted by molar-refractivity contribution is 5.68. The third-order valence-corrected chi connectivity index (χ3v) is 4.38. The van der Waals surface area contributed by atoms with Crippen molar-refractivity contribution in [2.24, 2.45) is 0 Å². The van der Waals surface area contributed by atoms with Gasteiger partial charge in [-0.25, -0.2) is 4.79 Å². The van der Waals surface area contributed by atoms with Crippen molar-refractivity contribution in [2.75, 3.05) is 19.6 Å². The van der Waals surface area contributed by atoms with Crippen molar-refractivity contribution in [3.8, 4) is 0 Å². The van der Waals surface area contributed by atoms with Gasteiger partial charge in [0.15, 0.2) is 0 Å². The van der Waals surface area contributed by atoms with Gasteiger partial charge in [0.2, 0.25) is 0 Å². The molecule has 0 saturated carbocycles. The minimum Gasteiger partial charge on any atom is -0.444 e. The lowest BCUT2D eigenvalue weighted by Gasteiger charge is -2.43. The van der Waals surface area contributed by atoms with Crippen molar-refractivity contribution >= 4 is 6.09 Å². The van der Waals surface area contributed by atoms with Gasteiger partial charge in [0.25, 0.3) is 0 Å². The van der Waals surface area contributed by atoms with Crippen molar-refractivity contribution in [3.63, 3.8) is 0 Å². The van der Waals surface area contributed by atoms with Crippen LogP contribution in [0.15, 0.2) is 0 Å². The fourth-order valence-corrected chi connectivity index (χ4v) is 3.35. The predicted octanol–water partition coefficient (Wildman–Crippen LogP) is 3.26. The molecule has 0 aromatic heterocycles. The van der Waals surface area contributed by atoms with E-state index in [1.807, 2.05) is 25.7 Å². The third-order valence-electron chi connectivity index (χ3n) is 4.38. The van der Waals surface area contributed by atoms with E-state index in [1.54, 1.807) is 0 Å². The fourth-order valence-electron chi connectivity index (χ4n) is 3.35. The summed E-state index contributed by atoms with van der Waals surface area (Å²) >= 11 is 0. The number of hydrogen-bond acceptors (Lipinski definition) is 3. The van der Waals surface area contributed by atoms with Gasteiger partial charge in [-0.2, -0.15) is 0 Å². The van der Waals surface area contributed by atoms with Gasteiger partial charge in [-0.15, -0.1) is 0 Å². The van der Waals surface area contributed by atoms with Gasteiger partial charge in [-0.3, -0.25) is 0 Å². The van der Waals surface area contributed by atoms with E-state index in [0.29, 0.717) is 6.04 Å². The lowest BCUT2D eigenvalue weighted by atomic mass is 9.95. The molecule has 2 rings (SSSR count). The zero-order chi connectivity index (χ0) is 14.8. The Morgan fingerprint density at radius 3 is 2.30 bits per heavy atom. The highest BCUT2D eigenvalue weighted by Gasteiger charge is 2.34. The van der Waals surface area contributed by atoms with Crippen molar-refractivity contribution in [1.82, 2.24) is 9.80 Å². The van der Waals surface area contributed by atoms with Crippen LogP contribution >= 0.6 is 0 Å². The molecule has 2 saturated heterocycles. The largest absolute Gasteiger partial charge is 0.444 e. The predicted molar refractivity (Wildman–Crippen MR) is 80.8 cm³/mol. The molecule has 0 aromatic rings. The summed E-state index contributed by atoms with van der Waals surface area (Å²) in [5.41, 5.74) is -0.402. The Morgan fingerprint density at radius 2 is 1.75 bits per heavy atom. The lowest BCUT2D eigenvalue weighted by molar-refractivity contribution is -0.0000971. The average molecular weight is 282 g/mol. The number of carbonyl (C=O) groups excluding carboxylic acids is 1. The van der Waals surface area contributed by atoms with Crippen molar-refractivity contribution in [2.45, 2.75) is 77.5 Å². The Morgan fingerprint density at radius 1 is 1.10 bits per heavy atom. The van der Waals surface area contributed by atoms with Gasteiger partial charge in [-0.05, 0) is 66.5 Å². The molecule has 0 aliphatic carbocycles. The summed E-state index contributed by atoms with van der Waals surface area (Å²) in [4.78, 5) is 16.7. The molecule has 0 spiro atoms. The number of rotatable bonds is 1. The molecular weight excluding hydrogens is 252 g/mol. The van der Waals surface area contributed by atoms with E-state index in [-0.39, 0.29) is 12.1 Å². The van der Waals surface area contributed by atoms with Gasteiger partial charge in [-0.1, -0.05) is 6.42 Å². The molecule has 116 valence electrons. The van der Waals surface area contributed by atoms with Gasteiger partial charge < -0.3 is 14.5 Å². The van der Waals surface area contributed by atoms with Crippen LogP contribution in [0.4, 0.5) is 4.79 Å². The number of nitrogens with zero attached hydrogens (tertiary/aromatic N) is 2. The van der Waals surface area contributed by atoms with Crippen LogP contribution in [0.25, 0.3) is 0 Å². The molecule has 2 heterocycles. The zero-order valence-electron chi connectivity index (χ0n) is 13.5. The fraction of sp³-hybridized carbons (Fsp3) is 0.938. The third kappa shape index (κ3) is 4.11. The first-order valence-electron chi connectivity index (χ1n) is 8.10. The second kappa shape index (κ2) is 6.33. The zero-order valence-corrected chi connectivity index (χ0v) is 13.5. The maximum atomic E-state index is 12.2. The first-order chi connectivity index (χ1) is 9.37. The van der Waals surface area contributed by atoms with Crippen molar-refractivity contribution < 1.29 is 9.53 Å². The van der Waals surface area contributed by atoms with E-state index in [2.05, 4.69) is 11.8 Å². The van der Waals surface area contributed by atoms with Crippen LogP contribution in [-0.2, 0) is 4.74 Å². The van der Waals surface area contributed by atoms with Crippen LogP contribution in [0.5, 0.6) is 0 Å². The van der Waals surface area contributed by atoms with Crippen LogP contribution in [0.3, 0.4) is 0 Å². The quantitative estimate of drug-likeness (QED) is 0.740. The topological polar surface area (TPSA) is 32.8 Å². The molecule has 0 bridgehead atoms. The Hall–Kier alpha value is -0.770. The van der Waals surface area contributed by atoms with E-state index >= 15 is 0 Å². The number of likely N-dealkylation sites (tertiary alicyclic amines) is 2. The van der Waals surface area contributed by atoms with E-state index in [9.17, 15) is 4.79 Å². The smallest absolute Gasteiger partial charge is 0.410 e. The summed E-state index contributed by atoms with van der Waals surface area (Å²) in [6.07, 6.45) is 6.06. The maximum absolute atomic E-state index is 12.2. The molecule has 20 heavy (non-hydrogen) atoms. The molecule has 2 aliphatic rings. The van der Waals surface area contributed by atoms with Crippen LogP contribution in [0, 0.1) is 0 Å². The summed E-state index contributed by atoms with van der Waals surface area (Å²) in [6, 6.07) is 0.939. The minimum atomic E-state index is -0.402. The molecule has 2 aliphatic heterocycles. The van der Waals surface area contributed by atoms with Crippen LogP contribution in [0.1, 0.15) is 59.8 Å². The summed E-state index contributed by atoms with van der Waals surface area (Å²) < 4.78 is 5.50. The normalized spacial score (nSPS) is 29.3. The number of carbonyl (C=O) groups is 1. The van der Waals surface area contributed by atoms with Gasteiger partial charge >= 0.3 is 6.09 Å². The average Bonchev–Trinajstić information content (AvgIpc) is 2.37. The van der Waals surface area contributed by atoms with Crippen molar-refractivity contribution in [1.29, 1.82) is 0 Å². The molecule has 0 aromatic carbocycles. The number of amides is 1. The number of piperidine rings is 2. The first-order valence-corrected chi connectivity index (χ1v) is 8.10. The van der Waals surface area contributed by atoms with Gasteiger partial charge in [0, 0.05) is 18.6 Å². The van der Waals surface area contributed by atoms with E-state index in [4.69, 9.17) is 4.74 Å². The molecule has 4 heteroatoms. The van der Waals surface area contributed by atoms with E-state index < -0.39 is 5.60 Å². The second-order valence-electron chi connectivity index (χ2n) is 7.30. The summed E-state index contributed by atoms with van der Waals surface area (Å²) in [7, 11) is 0. The Bertz CT molecular complexity index is 332. The minimum absolute atomic E-state index is 0.151. The highest BCUT2D eigenvalue weighted by atomic mass is 16.6. The molecule has 1 unspecified atom stereocenters. The highest BCUT2D eigenvalue weighted by Crippen LogP contribution is 2.25. The van der Waals surface area contributed by atoms with Crippen LogP contribution in [-0.4, -0.2) is 53.2 Å². The summed E-state index contributed by atoms with van der Waals surface area (Å²) in [6.45, 7) is 11.2. The van der Waals surface area contributed by atoms with Crippen molar-refractivity contribution in [3.05, 3.63) is 0 Å². The lowest BCUT2D eigenvalue weighted by Crippen LogP contribution is -2.52.